The molecule has 2 unspecified atom stereocenters. The van der Waals surface area contributed by atoms with Crippen LogP contribution >= 0.6 is 23.5 Å². The maximum absolute atomic E-state index is 3.78. The Balaban J connectivity index is 1.72. The normalized spacial score (nSPS) is 28.5. The molecule has 0 amide bonds. The Morgan fingerprint density at radius 3 is 2.31 bits per heavy atom. The quantitative estimate of drug-likeness (QED) is 0.809. The van der Waals surface area contributed by atoms with Crippen LogP contribution in [0.1, 0.15) is 11.1 Å². The summed E-state index contributed by atoms with van der Waals surface area (Å²) >= 11 is 4.23. The summed E-state index contributed by atoms with van der Waals surface area (Å²) in [4.78, 5) is 2.64. The van der Waals surface area contributed by atoms with Gasteiger partial charge in [-0.2, -0.15) is 0 Å². The van der Waals surface area contributed by atoms with Gasteiger partial charge in [0.25, 0.3) is 0 Å². The molecule has 2 heterocycles. The maximum Gasteiger partial charge on any atom is 0.0663 e. The van der Waals surface area contributed by atoms with Crippen molar-refractivity contribution in [2.45, 2.75) is 17.3 Å². The van der Waals surface area contributed by atoms with E-state index in [-0.39, 0.29) is 0 Å². The number of fused-ring (bicyclic) bond motifs is 2. The largest absolute Gasteiger partial charge is 0.274 e. The van der Waals surface area contributed by atoms with Gasteiger partial charge >= 0.3 is 0 Å². The molecule has 84 valence electrons. The summed E-state index contributed by atoms with van der Waals surface area (Å²) in [5.41, 5.74) is 2.63. The molecule has 2 saturated heterocycles. The van der Waals surface area contributed by atoms with Gasteiger partial charge in [0.05, 0.1) is 10.7 Å². The maximum atomic E-state index is 3.78. The van der Waals surface area contributed by atoms with Crippen LogP contribution in [0.5, 0.6) is 0 Å². The minimum Gasteiger partial charge on any atom is -0.274 e. The van der Waals surface area contributed by atoms with E-state index < -0.39 is 0 Å². The first kappa shape index (κ1) is 10.8. The van der Waals surface area contributed by atoms with Crippen LogP contribution in [0.15, 0.2) is 30.8 Å². The Morgan fingerprint density at radius 1 is 1.19 bits per heavy atom. The second-order valence-corrected chi connectivity index (χ2v) is 6.62. The second-order valence-electron chi connectivity index (χ2n) is 4.19. The fraction of sp³-hybridized carbons (Fsp3) is 0.385. The highest BCUT2D eigenvalue weighted by atomic mass is 32.2. The van der Waals surface area contributed by atoms with Gasteiger partial charge in [0.1, 0.15) is 0 Å². The Hall–Kier alpha value is -0.380. The zero-order valence-corrected chi connectivity index (χ0v) is 10.8. The molecule has 1 aromatic carbocycles. The predicted octanol–water partition coefficient (Wildman–Crippen LogP) is 3.28. The molecule has 2 fully saturated rings. The van der Waals surface area contributed by atoms with Crippen molar-refractivity contribution in [3.05, 3.63) is 42.0 Å². The van der Waals surface area contributed by atoms with E-state index in [2.05, 4.69) is 59.3 Å². The molecule has 2 aliphatic rings. The average Bonchev–Trinajstić information content (AvgIpc) is 2.90. The van der Waals surface area contributed by atoms with Gasteiger partial charge in [-0.05, 0) is 11.1 Å². The average molecular weight is 249 g/mol. The van der Waals surface area contributed by atoms with Gasteiger partial charge < -0.3 is 0 Å². The van der Waals surface area contributed by atoms with Gasteiger partial charge in [-0.25, -0.2) is 0 Å². The van der Waals surface area contributed by atoms with Gasteiger partial charge in [-0.15, -0.1) is 23.5 Å². The molecule has 16 heavy (non-hydrogen) atoms. The van der Waals surface area contributed by atoms with Crippen molar-refractivity contribution < 1.29 is 0 Å². The van der Waals surface area contributed by atoms with Gasteiger partial charge in [0, 0.05) is 18.1 Å². The molecule has 1 nitrogen and oxygen atoms in total. The molecule has 0 aromatic heterocycles. The van der Waals surface area contributed by atoms with E-state index in [9.17, 15) is 0 Å². The topological polar surface area (TPSA) is 3.24 Å². The number of hydrogen-bond donors (Lipinski definition) is 0. The Kier molecular flexibility index (Phi) is 3.01. The predicted molar refractivity (Wildman–Crippen MR) is 74.6 cm³/mol. The van der Waals surface area contributed by atoms with Crippen molar-refractivity contribution in [3.8, 4) is 0 Å². The number of rotatable bonds is 3. The minimum absolute atomic E-state index is 0.758. The lowest BCUT2D eigenvalue weighted by Crippen LogP contribution is -2.27. The first-order valence-electron chi connectivity index (χ1n) is 5.57. The number of benzene rings is 1. The third-order valence-corrected chi connectivity index (χ3v) is 6.27. The summed E-state index contributed by atoms with van der Waals surface area (Å²) in [6.45, 7) is 4.88. The number of thioether (sulfide) groups is 2. The Morgan fingerprint density at radius 2 is 1.81 bits per heavy atom. The van der Waals surface area contributed by atoms with Crippen LogP contribution in [0.2, 0.25) is 0 Å². The smallest absolute Gasteiger partial charge is 0.0663 e. The highest BCUT2D eigenvalue weighted by molar-refractivity contribution is 8.07. The molecular formula is C13H15NS2. The third-order valence-electron chi connectivity index (χ3n) is 3.18. The zero-order valence-electron chi connectivity index (χ0n) is 9.13. The lowest BCUT2D eigenvalue weighted by molar-refractivity contribution is 0.289. The summed E-state index contributed by atoms with van der Waals surface area (Å²) in [6, 6.07) is 8.76. The van der Waals surface area contributed by atoms with Crippen LogP contribution in [0, 0.1) is 0 Å². The molecule has 1 aromatic rings. The monoisotopic (exact) mass is 249 g/mol. The molecule has 2 bridgehead atoms. The van der Waals surface area contributed by atoms with E-state index in [1.165, 1.54) is 22.6 Å². The number of hydrogen-bond acceptors (Lipinski definition) is 3. The second kappa shape index (κ2) is 4.47. The summed E-state index contributed by atoms with van der Waals surface area (Å²) in [6.07, 6.45) is 1.90. The summed E-state index contributed by atoms with van der Waals surface area (Å²) < 4.78 is 0. The van der Waals surface area contributed by atoms with Crippen LogP contribution < -0.4 is 0 Å². The van der Waals surface area contributed by atoms with E-state index in [0.717, 1.165) is 17.3 Å². The lowest BCUT2D eigenvalue weighted by Gasteiger charge is -2.19. The summed E-state index contributed by atoms with van der Waals surface area (Å²) in [5.74, 6) is 2.61. The molecule has 3 rings (SSSR count). The first-order valence-corrected chi connectivity index (χ1v) is 7.67. The van der Waals surface area contributed by atoms with Gasteiger partial charge in [0.2, 0.25) is 0 Å². The van der Waals surface area contributed by atoms with Crippen molar-refractivity contribution >= 4 is 29.6 Å². The fourth-order valence-corrected chi connectivity index (χ4v) is 5.53. The minimum atomic E-state index is 0.758. The number of nitrogens with zero attached hydrogens (tertiary/aromatic N) is 1. The lowest BCUT2D eigenvalue weighted by atomic mass is 10.1. The molecule has 0 spiro atoms. The van der Waals surface area contributed by atoms with Crippen molar-refractivity contribution in [2.24, 2.45) is 0 Å². The standard InChI is InChI=1S/C13H15NS2/c1-2-10-3-5-11(6-4-10)7-14-12-8-15-13(14)9-16-12/h2-6,12-13H,1,7-9H2. The van der Waals surface area contributed by atoms with Crippen LogP contribution in [0.25, 0.3) is 6.08 Å². The molecule has 0 aliphatic carbocycles. The Labute approximate surface area is 105 Å². The fourth-order valence-electron chi connectivity index (χ4n) is 2.22. The van der Waals surface area contributed by atoms with E-state index in [1.807, 2.05) is 6.08 Å². The molecular weight excluding hydrogens is 234 g/mol. The SMILES string of the molecule is C=Cc1ccc(CN2C3CSC2CS3)cc1. The van der Waals surface area contributed by atoms with Crippen LogP contribution in [-0.4, -0.2) is 27.2 Å². The van der Waals surface area contributed by atoms with Crippen LogP contribution in [-0.2, 0) is 6.54 Å². The van der Waals surface area contributed by atoms with E-state index in [1.54, 1.807) is 0 Å². The van der Waals surface area contributed by atoms with Crippen molar-refractivity contribution in [3.63, 3.8) is 0 Å². The highest BCUT2D eigenvalue weighted by Gasteiger charge is 2.40. The zero-order chi connectivity index (χ0) is 11.0. The highest BCUT2D eigenvalue weighted by Crippen LogP contribution is 2.44. The van der Waals surface area contributed by atoms with Crippen LogP contribution in [0.3, 0.4) is 0 Å². The van der Waals surface area contributed by atoms with E-state index in [4.69, 9.17) is 0 Å². The van der Waals surface area contributed by atoms with Gasteiger partial charge in [-0.1, -0.05) is 36.9 Å². The first-order chi connectivity index (χ1) is 7.86. The van der Waals surface area contributed by atoms with E-state index >= 15 is 0 Å². The molecule has 2 aliphatic heterocycles. The molecule has 2 atom stereocenters. The van der Waals surface area contributed by atoms with Gasteiger partial charge in [0.15, 0.2) is 0 Å². The van der Waals surface area contributed by atoms with E-state index in [0.29, 0.717) is 0 Å². The molecule has 3 heteroatoms. The van der Waals surface area contributed by atoms with Gasteiger partial charge in [-0.3, -0.25) is 4.90 Å². The third kappa shape index (κ3) is 1.92. The van der Waals surface area contributed by atoms with Crippen molar-refractivity contribution in [2.75, 3.05) is 11.5 Å². The van der Waals surface area contributed by atoms with Crippen molar-refractivity contribution in [1.29, 1.82) is 0 Å². The Bertz CT molecular complexity index is 367. The molecule has 0 N–H and O–H groups in total. The summed E-state index contributed by atoms with van der Waals surface area (Å²) in [7, 11) is 0. The summed E-state index contributed by atoms with van der Waals surface area (Å²) in [5, 5.41) is 1.52. The molecule has 0 radical (unpaired) electrons. The van der Waals surface area contributed by atoms with Crippen LogP contribution in [0.4, 0.5) is 0 Å². The molecule has 0 saturated carbocycles. The van der Waals surface area contributed by atoms with Crippen molar-refractivity contribution in [1.82, 2.24) is 4.90 Å².